The maximum atomic E-state index is 14.0. The minimum atomic E-state index is -0.224. The van der Waals surface area contributed by atoms with E-state index < -0.39 is 0 Å². The largest absolute Gasteiger partial charge is 0.333 e. The summed E-state index contributed by atoms with van der Waals surface area (Å²) >= 11 is 4.57. The van der Waals surface area contributed by atoms with Crippen LogP contribution in [0.15, 0.2) is 41.3 Å². The van der Waals surface area contributed by atoms with E-state index in [0.717, 1.165) is 5.56 Å². The minimum Gasteiger partial charge on any atom is -0.333 e. The summed E-state index contributed by atoms with van der Waals surface area (Å²) in [5.74, 6) is 0.171. The van der Waals surface area contributed by atoms with Crippen molar-refractivity contribution in [2.24, 2.45) is 0 Å². The Kier molecular flexibility index (Phi) is 4.30. The third-order valence-electron chi connectivity index (χ3n) is 4.01. The fourth-order valence-electron chi connectivity index (χ4n) is 2.82. The van der Waals surface area contributed by atoms with Gasteiger partial charge in [0.25, 0.3) is 5.91 Å². The Hall–Kier alpha value is -2.19. The molecule has 0 radical (unpaired) electrons. The van der Waals surface area contributed by atoms with E-state index in [0.29, 0.717) is 45.3 Å². The fourth-order valence-corrected chi connectivity index (χ4v) is 4.13. The van der Waals surface area contributed by atoms with Crippen molar-refractivity contribution in [3.63, 3.8) is 0 Å². The topological polar surface area (TPSA) is 59.0 Å². The van der Waals surface area contributed by atoms with Gasteiger partial charge in [-0.05, 0) is 35.7 Å². The van der Waals surface area contributed by atoms with Gasteiger partial charge in [-0.2, -0.15) is 0 Å². The van der Waals surface area contributed by atoms with Crippen molar-refractivity contribution in [2.75, 3.05) is 6.54 Å². The predicted octanol–water partition coefficient (Wildman–Crippen LogP) is 3.70. The molecule has 2 aromatic heterocycles. The van der Waals surface area contributed by atoms with Crippen LogP contribution in [-0.2, 0) is 13.0 Å². The Bertz CT molecular complexity index is 947. The van der Waals surface area contributed by atoms with Crippen LogP contribution < -0.4 is 0 Å². The molecule has 0 spiro atoms. The highest BCUT2D eigenvalue weighted by Gasteiger charge is 2.25. The summed E-state index contributed by atoms with van der Waals surface area (Å²) in [6.07, 6.45) is 5.34. The van der Waals surface area contributed by atoms with Crippen LogP contribution in [-0.4, -0.2) is 32.3 Å². The van der Waals surface area contributed by atoms with Gasteiger partial charge >= 0.3 is 0 Å². The zero-order chi connectivity index (χ0) is 17.4. The van der Waals surface area contributed by atoms with E-state index in [4.69, 9.17) is 0 Å². The van der Waals surface area contributed by atoms with Crippen LogP contribution in [0.2, 0.25) is 0 Å². The maximum Gasteiger partial charge on any atom is 0.265 e. The van der Waals surface area contributed by atoms with Gasteiger partial charge in [-0.3, -0.25) is 4.79 Å². The third kappa shape index (κ3) is 3.19. The number of fused-ring (bicyclic) bond motifs is 1. The van der Waals surface area contributed by atoms with E-state index >= 15 is 0 Å². The molecule has 0 atom stereocenters. The Morgan fingerprint density at radius 3 is 2.84 bits per heavy atom. The first-order valence-corrected chi connectivity index (χ1v) is 9.22. The van der Waals surface area contributed by atoms with Crippen LogP contribution in [0.1, 0.15) is 20.8 Å². The second-order valence-corrected chi connectivity index (χ2v) is 7.55. The summed E-state index contributed by atoms with van der Waals surface area (Å²) in [5.41, 5.74) is 1.53. The number of carbonyl (C=O) groups excluding carboxylic acids is 1. The number of nitrogens with zero attached hydrogens (tertiary/aromatic N) is 4. The van der Waals surface area contributed by atoms with Gasteiger partial charge < -0.3 is 4.90 Å². The van der Waals surface area contributed by atoms with Gasteiger partial charge in [-0.15, -0.1) is 11.3 Å². The van der Waals surface area contributed by atoms with Crippen molar-refractivity contribution < 1.29 is 9.18 Å². The number of benzene rings is 1. The molecule has 3 aromatic rings. The van der Waals surface area contributed by atoms with Gasteiger partial charge in [-0.25, -0.2) is 19.3 Å². The van der Waals surface area contributed by atoms with Gasteiger partial charge in [0.2, 0.25) is 0 Å². The van der Waals surface area contributed by atoms with E-state index in [9.17, 15) is 9.18 Å². The fraction of sp³-hybridized carbons (Fsp3) is 0.176. The smallest absolute Gasteiger partial charge is 0.265 e. The van der Waals surface area contributed by atoms with E-state index in [1.54, 1.807) is 29.6 Å². The SMILES string of the molecule is O=C(c1cnc(-c2ncccn2)s1)N1CCc2c(F)cc(Br)cc2C1. The highest BCUT2D eigenvalue weighted by atomic mass is 79.9. The van der Waals surface area contributed by atoms with Crippen LogP contribution >= 0.6 is 27.3 Å². The van der Waals surface area contributed by atoms with Crippen molar-refractivity contribution in [3.8, 4) is 10.8 Å². The molecule has 1 amide bonds. The maximum absolute atomic E-state index is 14.0. The van der Waals surface area contributed by atoms with Crippen molar-refractivity contribution in [1.29, 1.82) is 0 Å². The quantitative estimate of drug-likeness (QED) is 0.636. The molecule has 1 aliphatic heterocycles. The Balaban J connectivity index is 1.57. The van der Waals surface area contributed by atoms with Crippen molar-refractivity contribution in [2.45, 2.75) is 13.0 Å². The van der Waals surface area contributed by atoms with Crippen LogP contribution in [0.5, 0.6) is 0 Å². The standard InChI is InChI=1S/C17H12BrFN4OS/c18-11-6-10-9-23(5-2-12(10)13(19)7-11)17(24)14-8-22-16(25-14)15-20-3-1-4-21-15/h1,3-4,6-8H,2,5,9H2. The normalized spacial score (nSPS) is 13.6. The summed E-state index contributed by atoms with van der Waals surface area (Å²) in [5, 5.41) is 0.607. The molecule has 3 heterocycles. The molecule has 0 aliphatic carbocycles. The van der Waals surface area contributed by atoms with Gasteiger partial charge in [0.1, 0.15) is 10.7 Å². The van der Waals surface area contributed by atoms with E-state index in [2.05, 4.69) is 30.9 Å². The van der Waals surface area contributed by atoms with Crippen LogP contribution in [0, 0.1) is 5.82 Å². The first kappa shape index (κ1) is 16.3. The highest BCUT2D eigenvalue weighted by Crippen LogP contribution is 2.28. The molecule has 126 valence electrons. The number of hydrogen-bond acceptors (Lipinski definition) is 5. The highest BCUT2D eigenvalue weighted by molar-refractivity contribution is 9.10. The molecule has 0 bridgehead atoms. The summed E-state index contributed by atoms with van der Waals surface area (Å²) in [7, 11) is 0. The lowest BCUT2D eigenvalue weighted by molar-refractivity contribution is 0.0738. The molecule has 0 unspecified atom stereocenters. The van der Waals surface area contributed by atoms with Gasteiger partial charge in [-0.1, -0.05) is 15.9 Å². The lowest BCUT2D eigenvalue weighted by atomic mass is 9.99. The predicted molar refractivity (Wildman–Crippen MR) is 95.7 cm³/mol. The summed E-state index contributed by atoms with van der Waals surface area (Å²) < 4.78 is 14.7. The zero-order valence-electron chi connectivity index (χ0n) is 12.9. The Labute approximate surface area is 155 Å². The van der Waals surface area contributed by atoms with E-state index in [-0.39, 0.29) is 11.7 Å². The number of carbonyl (C=O) groups is 1. The average molecular weight is 419 g/mol. The van der Waals surface area contributed by atoms with Crippen molar-refractivity contribution in [1.82, 2.24) is 19.9 Å². The number of thiazole rings is 1. The van der Waals surface area contributed by atoms with Crippen LogP contribution in [0.4, 0.5) is 4.39 Å². The van der Waals surface area contributed by atoms with Gasteiger partial charge in [0.15, 0.2) is 10.8 Å². The number of aromatic nitrogens is 3. The molecular weight excluding hydrogens is 407 g/mol. The van der Waals surface area contributed by atoms with Crippen LogP contribution in [0.3, 0.4) is 0 Å². The molecule has 4 rings (SSSR count). The zero-order valence-corrected chi connectivity index (χ0v) is 15.3. The lowest BCUT2D eigenvalue weighted by Crippen LogP contribution is -2.36. The van der Waals surface area contributed by atoms with Gasteiger partial charge in [0.05, 0.1) is 6.20 Å². The average Bonchev–Trinajstić information content (AvgIpc) is 3.11. The second kappa shape index (κ2) is 6.61. The lowest BCUT2D eigenvalue weighted by Gasteiger charge is -2.28. The molecule has 8 heteroatoms. The molecule has 0 N–H and O–H groups in total. The summed E-state index contributed by atoms with van der Waals surface area (Å²) in [6.45, 7) is 0.874. The molecular formula is C17H12BrFN4OS. The number of rotatable bonds is 2. The second-order valence-electron chi connectivity index (χ2n) is 5.60. The number of hydrogen-bond donors (Lipinski definition) is 0. The summed E-state index contributed by atoms with van der Waals surface area (Å²) in [6, 6.07) is 5.06. The van der Waals surface area contributed by atoms with E-state index in [1.165, 1.54) is 17.4 Å². The molecule has 25 heavy (non-hydrogen) atoms. The van der Waals surface area contributed by atoms with Crippen molar-refractivity contribution in [3.05, 3.63) is 63.1 Å². The number of amides is 1. The van der Waals surface area contributed by atoms with E-state index in [1.807, 2.05) is 6.07 Å². The summed E-state index contributed by atoms with van der Waals surface area (Å²) in [4.78, 5) is 27.6. The van der Waals surface area contributed by atoms with Gasteiger partial charge in [0, 0.05) is 30.0 Å². The minimum absolute atomic E-state index is 0.106. The molecule has 0 saturated carbocycles. The third-order valence-corrected chi connectivity index (χ3v) is 5.45. The molecule has 0 saturated heterocycles. The molecule has 5 nitrogen and oxygen atoms in total. The Morgan fingerprint density at radius 2 is 2.04 bits per heavy atom. The first-order chi connectivity index (χ1) is 12.1. The van der Waals surface area contributed by atoms with Crippen molar-refractivity contribution >= 4 is 33.2 Å². The molecule has 0 fully saturated rings. The number of halogens is 2. The first-order valence-electron chi connectivity index (χ1n) is 7.61. The monoisotopic (exact) mass is 418 g/mol. The Morgan fingerprint density at radius 1 is 1.24 bits per heavy atom. The molecule has 1 aliphatic rings. The molecule has 1 aromatic carbocycles. The van der Waals surface area contributed by atoms with Crippen LogP contribution in [0.25, 0.3) is 10.8 Å².